The summed E-state index contributed by atoms with van der Waals surface area (Å²) < 4.78 is 34.2. The molecular formula is C29H34ClN3O5S. The second kappa shape index (κ2) is 14.0. The number of rotatable bonds is 13. The van der Waals surface area contributed by atoms with Gasteiger partial charge in [0, 0.05) is 18.1 Å². The number of halogens is 1. The number of benzene rings is 3. The summed E-state index contributed by atoms with van der Waals surface area (Å²) in [5, 5.41) is 3.07. The molecule has 0 heterocycles. The molecule has 0 aliphatic heterocycles. The van der Waals surface area contributed by atoms with Crippen LogP contribution in [0.15, 0.2) is 83.8 Å². The number of methoxy groups -OCH3 is 1. The zero-order valence-electron chi connectivity index (χ0n) is 22.3. The van der Waals surface area contributed by atoms with Gasteiger partial charge in [0.25, 0.3) is 10.0 Å². The Labute approximate surface area is 235 Å². The first-order valence-corrected chi connectivity index (χ1v) is 14.6. The van der Waals surface area contributed by atoms with Gasteiger partial charge < -0.3 is 15.0 Å². The molecule has 3 aromatic rings. The summed E-state index contributed by atoms with van der Waals surface area (Å²) in [7, 11) is -2.80. The van der Waals surface area contributed by atoms with Crippen molar-refractivity contribution in [1.82, 2.24) is 10.2 Å². The van der Waals surface area contributed by atoms with E-state index in [2.05, 4.69) is 5.32 Å². The lowest BCUT2D eigenvalue weighted by atomic mass is 10.1. The van der Waals surface area contributed by atoms with Crippen LogP contribution in [0.4, 0.5) is 5.69 Å². The molecule has 1 N–H and O–H groups in total. The van der Waals surface area contributed by atoms with Gasteiger partial charge in [0.15, 0.2) is 0 Å². The molecule has 0 saturated carbocycles. The molecule has 0 unspecified atom stereocenters. The fourth-order valence-electron chi connectivity index (χ4n) is 4.28. The number of nitrogens with zero attached hydrogens (tertiary/aromatic N) is 2. The molecule has 0 bridgehead atoms. The molecule has 3 aromatic carbocycles. The van der Waals surface area contributed by atoms with E-state index in [1.54, 1.807) is 37.3 Å². The van der Waals surface area contributed by atoms with Gasteiger partial charge in [-0.3, -0.25) is 13.9 Å². The number of carbonyl (C=O) groups is 2. The monoisotopic (exact) mass is 571 g/mol. The molecule has 1 atom stereocenters. The number of sulfonamides is 1. The fourth-order valence-corrected chi connectivity index (χ4v) is 5.88. The van der Waals surface area contributed by atoms with Crippen molar-refractivity contribution >= 4 is 39.1 Å². The first-order valence-electron chi connectivity index (χ1n) is 12.7. The summed E-state index contributed by atoms with van der Waals surface area (Å²) in [6.45, 7) is 3.70. The zero-order valence-corrected chi connectivity index (χ0v) is 23.9. The largest absolute Gasteiger partial charge is 0.495 e. The lowest BCUT2D eigenvalue weighted by Gasteiger charge is -2.33. The van der Waals surface area contributed by atoms with Crippen LogP contribution in [0, 0.1) is 0 Å². The second-order valence-corrected chi connectivity index (χ2v) is 11.1. The van der Waals surface area contributed by atoms with Gasteiger partial charge in [0.05, 0.1) is 17.7 Å². The number of likely N-dealkylation sites (N-methyl/N-ethyl adjacent to an activating group) is 1. The molecule has 3 rings (SSSR count). The van der Waals surface area contributed by atoms with E-state index in [0.717, 1.165) is 9.87 Å². The highest BCUT2D eigenvalue weighted by molar-refractivity contribution is 7.92. The minimum atomic E-state index is -4.22. The second-order valence-electron chi connectivity index (χ2n) is 8.78. The van der Waals surface area contributed by atoms with E-state index in [0.29, 0.717) is 19.4 Å². The van der Waals surface area contributed by atoms with Gasteiger partial charge in [0.2, 0.25) is 11.8 Å². The maximum Gasteiger partial charge on any atom is 0.264 e. The molecular weight excluding hydrogens is 538 g/mol. The summed E-state index contributed by atoms with van der Waals surface area (Å²) in [5.41, 5.74) is 1.11. The maximum absolute atomic E-state index is 14.0. The molecule has 0 saturated heterocycles. The Kier molecular flexibility index (Phi) is 10.8. The number of nitrogens with one attached hydrogen (secondary N) is 1. The molecule has 8 nitrogen and oxygen atoms in total. The Morgan fingerprint density at radius 2 is 1.62 bits per heavy atom. The molecule has 0 aromatic heterocycles. The Balaban J connectivity index is 2.06. The van der Waals surface area contributed by atoms with Gasteiger partial charge in [-0.25, -0.2) is 8.42 Å². The predicted molar refractivity (Wildman–Crippen MR) is 154 cm³/mol. The van der Waals surface area contributed by atoms with Crippen LogP contribution < -0.4 is 14.4 Å². The number of hydrogen-bond acceptors (Lipinski definition) is 5. The highest BCUT2D eigenvalue weighted by atomic mass is 35.5. The van der Waals surface area contributed by atoms with Crippen LogP contribution in [0.5, 0.6) is 5.75 Å². The van der Waals surface area contributed by atoms with Crippen molar-refractivity contribution in [3.63, 3.8) is 0 Å². The summed E-state index contributed by atoms with van der Waals surface area (Å²) in [6.07, 6.45) is 0.854. The average Bonchev–Trinajstić information content (AvgIpc) is 2.94. The molecule has 0 aliphatic carbocycles. The van der Waals surface area contributed by atoms with Crippen LogP contribution in [0.1, 0.15) is 25.8 Å². The van der Waals surface area contributed by atoms with Crippen LogP contribution in [0.25, 0.3) is 0 Å². The summed E-state index contributed by atoms with van der Waals surface area (Å²) in [4.78, 5) is 28.4. The van der Waals surface area contributed by atoms with Gasteiger partial charge >= 0.3 is 0 Å². The molecule has 0 aliphatic rings. The molecule has 0 spiro atoms. The van der Waals surface area contributed by atoms with Crippen molar-refractivity contribution in [3.05, 3.63) is 89.4 Å². The first-order chi connectivity index (χ1) is 18.7. The van der Waals surface area contributed by atoms with Crippen LogP contribution in [0.3, 0.4) is 0 Å². The standard InChI is InChI=1S/C29H34ClN3O5S/c1-4-25(29(35)31-5-2)32(19-18-22-12-8-6-9-13-22)28(34)21-33(26-20-23(30)16-17-27(26)38-3)39(36,37)24-14-10-7-11-15-24/h6-17,20,25H,4-5,18-19,21H2,1-3H3,(H,31,35)/t25-/m0/s1. The molecule has 10 heteroatoms. The van der Waals surface area contributed by atoms with Crippen molar-refractivity contribution in [1.29, 1.82) is 0 Å². The molecule has 2 amide bonds. The summed E-state index contributed by atoms with van der Waals surface area (Å²) >= 11 is 6.25. The Morgan fingerprint density at radius 3 is 2.21 bits per heavy atom. The van der Waals surface area contributed by atoms with E-state index < -0.39 is 28.5 Å². The third-order valence-corrected chi connectivity index (χ3v) is 8.25. The maximum atomic E-state index is 14.0. The van der Waals surface area contributed by atoms with E-state index in [1.807, 2.05) is 37.3 Å². The van der Waals surface area contributed by atoms with Crippen LogP contribution in [-0.2, 0) is 26.0 Å². The fraction of sp³-hybridized carbons (Fsp3) is 0.310. The SMILES string of the molecule is CCNC(=O)[C@H](CC)N(CCc1ccccc1)C(=O)CN(c1cc(Cl)ccc1OC)S(=O)(=O)c1ccccc1. The normalized spacial score (nSPS) is 11.9. The van der Waals surface area contributed by atoms with E-state index in [1.165, 1.54) is 30.2 Å². The smallest absolute Gasteiger partial charge is 0.264 e. The van der Waals surface area contributed by atoms with Crippen molar-refractivity contribution in [2.45, 2.75) is 37.6 Å². The minimum absolute atomic E-state index is 0.00596. The summed E-state index contributed by atoms with van der Waals surface area (Å²) in [5.74, 6) is -0.580. The van der Waals surface area contributed by atoms with E-state index >= 15 is 0 Å². The number of ether oxygens (including phenoxy) is 1. The minimum Gasteiger partial charge on any atom is -0.495 e. The van der Waals surface area contributed by atoms with Gasteiger partial charge in [-0.15, -0.1) is 0 Å². The molecule has 0 fully saturated rings. The number of anilines is 1. The number of amides is 2. The van der Waals surface area contributed by atoms with Gasteiger partial charge in [0.1, 0.15) is 18.3 Å². The quantitative estimate of drug-likeness (QED) is 0.325. The Morgan fingerprint density at radius 1 is 0.974 bits per heavy atom. The third-order valence-electron chi connectivity index (χ3n) is 6.24. The topological polar surface area (TPSA) is 96.0 Å². The van der Waals surface area contributed by atoms with Gasteiger partial charge in [-0.05, 0) is 55.7 Å². The molecule has 208 valence electrons. The Bertz CT molecular complexity index is 1350. The van der Waals surface area contributed by atoms with Crippen molar-refractivity contribution in [3.8, 4) is 5.75 Å². The van der Waals surface area contributed by atoms with E-state index in [9.17, 15) is 18.0 Å². The number of hydrogen-bond donors (Lipinski definition) is 1. The lowest BCUT2D eigenvalue weighted by molar-refractivity contribution is -0.139. The van der Waals surface area contributed by atoms with E-state index in [4.69, 9.17) is 16.3 Å². The zero-order chi connectivity index (χ0) is 28.4. The van der Waals surface area contributed by atoms with Gasteiger partial charge in [-0.1, -0.05) is 67.1 Å². The summed E-state index contributed by atoms with van der Waals surface area (Å²) in [6, 6.07) is 21.2. The van der Waals surface area contributed by atoms with Crippen molar-refractivity contribution in [2.24, 2.45) is 0 Å². The highest BCUT2D eigenvalue weighted by Gasteiger charge is 2.34. The molecule has 39 heavy (non-hydrogen) atoms. The average molecular weight is 572 g/mol. The highest BCUT2D eigenvalue weighted by Crippen LogP contribution is 2.35. The van der Waals surface area contributed by atoms with Crippen LogP contribution in [0.2, 0.25) is 5.02 Å². The molecule has 0 radical (unpaired) electrons. The third kappa shape index (κ3) is 7.52. The van der Waals surface area contributed by atoms with Crippen LogP contribution in [-0.4, -0.2) is 57.9 Å². The van der Waals surface area contributed by atoms with Crippen molar-refractivity contribution in [2.75, 3.05) is 31.0 Å². The van der Waals surface area contributed by atoms with Crippen molar-refractivity contribution < 1.29 is 22.7 Å². The van der Waals surface area contributed by atoms with E-state index in [-0.39, 0.29) is 33.8 Å². The van der Waals surface area contributed by atoms with Crippen LogP contribution >= 0.6 is 11.6 Å². The Hall–Kier alpha value is -3.56. The lowest BCUT2D eigenvalue weighted by Crippen LogP contribution is -2.53. The first kappa shape index (κ1) is 30.0. The predicted octanol–water partition coefficient (Wildman–Crippen LogP) is 4.53. The number of carbonyl (C=O) groups excluding carboxylic acids is 2. The van der Waals surface area contributed by atoms with Gasteiger partial charge in [-0.2, -0.15) is 0 Å².